The van der Waals surface area contributed by atoms with E-state index in [-0.39, 0.29) is 11.5 Å². The van der Waals surface area contributed by atoms with E-state index < -0.39 is 5.97 Å². The summed E-state index contributed by atoms with van der Waals surface area (Å²) in [5.74, 6) is -0.630. The number of carbonyl (C=O) groups excluding carboxylic acids is 1. The van der Waals surface area contributed by atoms with Crippen molar-refractivity contribution in [2.24, 2.45) is 0 Å². The highest BCUT2D eigenvalue weighted by Gasteiger charge is 2.16. The number of nitrogens with one attached hydrogen (secondary N) is 1. The summed E-state index contributed by atoms with van der Waals surface area (Å²) in [5.41, 5.74) is 1.79. The minimum Gasteiger partial charge on any atom is -0.478 e. The summed E-state index contributed by atoms with van der Waals surface area (Å²) < 4.78 is 0.887. The average Bonchev–Trinajstić information content (AvgIpc) is 2.74. The van der Waals surface area contributed by atoms with E-state index in [0.29, 0.717) is 28.0 Å². The number of aromatic carboxylic acids is 1. The molecule has 0 spiro atoms. The molecule has 0 unspecified atom stereocenters. The first kappa shape index (κ1) is 21.8. The predicted octanol–water partition coefficient (Wildman–Crippen LogP) is 5.57. The number of carbonyl (C=O) groups is 2. The van der Waals surface area contributed by atoms with Crippen LogP contribution in [0.15, 0.2) is 53.0 Å². The zero-order chi connectivity index (χ0) is 21.7. The Balaban J connectivity index is 1.95. The predicted molar refractivity (Wildman–Crippen MR) is 124 cm³/mol. The van der Waals surface area contributed by atoms with Crippen molar-refractivity contribution in [3.05, 3.63) is 64.1 Å². The molecule has 1 amide bonds. The Kier molecular flexibility index (Phi) is 7.05. The number of anilines is 2. The zero-order valence-electron chi connectivity index (χ0n) is 17.0. The van der Waals surface area contributed by atoms with Crippen molar-refractivity contribution in [2.75, 3.05) is 23.3 Å². The van der Waals surface area contributed by atoms with Gasteiger partial charge in [-0.15, -0.1) is 0 Å². The maximum Gasteiger partial charge on any atom is 0.336 e. The number of nitrogens with zero attached hydrogens (tertiary/aromatic N) is 2. The van der Waals surface area contributed by atoms with E-state index in [1.165, 1.54) is 0 Å². The first-order valence-corrected chi connectivity index (χ1v) is 10.7. The van der Waals surface area contributed by atoms with Crippen LogP contribution in [-0.4, -0.2) is 35.1 Å². The van der Waals surface area contributed by atoms with Crippen molar-refractivity contribution >= 4 is 50.2 Å². The van der Waals surface area contributed by atoms with Crippen LogP contribution in [0.2, 0.25) is 0 Å². The molecule has 0 aliphatic heterocycles. The molecule has 30 heavy (non-hydrogen) atoms. The summed E-state index contributed by atoms with van der Waals surface area (Å²) in [7, 11) is 0. The second-order valence-corrected chi connectivity index (χ2v) is 7.88. The van der Waals surface area contributed by atoms with Crippen LogP contribution in [0.3, 0.4) is 0 Å². The minimum absolute atomic E-state index is 0.171. The van der Waals surface area contributed by atoms with Gasteiger partial charge in [-0.3, -0.25) is 4.79 Å². The van der Waals surface area contributed by atoms with Gasteiger partial charge in [0.15, 0.2) is 0 Å². The van der Waals surface area contributed by atoms with Crippen molar-refractivity contribution in [1.82, 2.24) is 4.98 Å². The number of fused-ring (bicyclic) bond motifs is 1. The van der Waals surface area contributed by atoms with Crippen LogP contribution >= 0.6 is 15.9 Å². The summed E-state index contributed by atoms with van der Waals surface area (Å²) >= 11 is 3.35. The third-order valence-corrected chi connectivity index (χ3v) is 5.41. The molecule has 0 saturated carbocycles. The third-order valence-electron chi connectivity index (χ3n) is 4.88. The lowest BCUT2D eigenvalue weighted by molar-refractivity contribution is 0.0698. The van der Waals surface area contributed by atoms with Crippen LogP contribution in [0.5, 0.6) is 0 Å². The number of halogens is 1. The van der Waals surface area contributed by atoms with Gasteiger partial charge in [0, 0.05) is 34.2 Å². The van der Waals surface area contributed by atoms with Crippen molar-refractivity contribution in [1.29, 1.82) is 0 Å². The van der Waals surface area contributed by atoms with Crippen LogP contribution in [-0.2, 0) is 0 Å². The number of hydrogen-bond donors (Lipinski definition) is 2. The molecule has 0 aliphatic rings. The van der Waals surface area contributed by atoms with Crippen molar-refractivity contribution in [3.63, 3.8) is 0 Å². The Labute approximate surface area is 184 Å². The minimum atomic E-state index is -1.02. The van der Waals surface area contributed by atoms with Gasteiger partial charge in [-0.1, -0.05) is 29.3 Å². The molecule has 0 saturated heterocycles. The highest BCUT2D eigenvalue weighted by atomic mass is 79.9. The van der Waals surface area contributed by atoms with Crippen molar-refractivity contribution in [2.45, 2.75) is 26.7 Å². The normalized spacial score (nSPS) is 10.8. The maximum atomic E-state index is 12.5. The van der Waals surface area contributed by atoms with Crippen LogP contribution in [0, 0.1) is 0 Å². The average molecular weight is 470 g/mol. The first-order chi connectivity index (χ1) is 14.4. The van der Waals surface area contributed by atoms with Gasteiger partial charge >= 0.3 is 5.97 Å². The summed E-state index contributed by atoms with van der Waals surface area (Å²) in [6.07, 6.45) is 2.06. The molecule has 0 atom stereocenters. The second kappa shape index (κ2) is 9.71. The van der Waals surface area contributed by atoms with E-state index in [9.17, 15) is 14.7 Å². The summed E-state index contributed by atoms with van der Waals surface area (Å²) in [4.78, 5) is 31.2. The van der Waals surface area contributed by atoms with Gasteiger partial charge in [0.25, 0.3) is 5.91 Å². The molecule has 0 bridgehead atoms. The molecule has 156 valence electrons. The van der Waals surface area contributed by atoms with Gasteiger partial charge in [-0.25, -0.2) is 9.78 Å². The Bertz CT molecular complexity index is 1070. The lowest BCUT2D eigenvalue weighted by Gasteiger charge is -2.22. The highest BCUT2D eigenvalue weighted by Crippen LogP contribution is 2.26. The number of aromatic nitrogens is 1. The quantitative estimate of drug-likeness (QED) is 0.450. The molecular formula is C23H24BrN3O3. The standard InChI is InChI=1S/C23H24BrN3O3/c1-3-5-12-27(4-2)21-14-19(23(29)30)18-13-17(10-11-20(18)26-21)25-22(28)15-6-8-16(24)9-7-15/h6-11,13-14H,3-5,12H2,1-2H3,(H,25,28)(H,29,30). The van der Waals surface area contributed by atoms with Gasteiger partial charge < -0.3 is 15.3 Å². The third kappa shape index (κ3) is 4.97. The fraction of sp³-hybridized carbons (Fsp3) is 0.261. The van der Waals surface area contributed by atoms with Crippen LogP contribution in [0.4, 0.5) is 11.5 Å². The van der Waals surface area contributed by atoms with Gasteiger partial charge in [0.1, 0.15) is 5.82 Å². The monoisotopic (exact) mass is 469 g/mol. The Hall–Kier alpha value is -2.93. The molecule has 0 fully saturated rings. The number of amides is 1. The van der Waals surface area contributed by atoms with E-state index in [4.69, 9.17) is 0 Å². The van der Waals surface area contributed by atoms with E-state index in [1.807, 2.05) is 6.92 Å². The fourth-order valence-electron chi connectivity index (χ4n) is 3.22. The molecule has 0 radical (unpaired) electrons. The molecule has 7 heteroatoms. The van der Waals surface area contributed by atoms with Gasteiger partial charge in [-0.05, 0) is 61.9 Å². The lowest BCUT2D eigenvalue weighted by atomic mass is 10.1. The van der Waals surface area contributed by atoms with E-state index >= 15 is 0 Å². The van der Waals surface area contributed by atoms with E-state index in [1.54, 1.807) is 48.5 Å². The molecular weight excluding hydrogens is 446 g/mol. The van der Waals surface area contributed by atoms with Crippen molar-refractivity contribution in [3.8, 4) is 0 Å². The van der Waals surface area contributed by atoms with Crippen LogP contribution in [0.1, 0.15) is 47.4 Å². The fourth-order valence-corrected chi connectivity index (χ4v) is 3.48. The highest BCUT2D eigenvalue weighted by molar-refractivity contribution is 9.10. The molecule has 1 aromatic heterocycles. The van der Waals surface area contributed by atoms with Gasteiger partial charge in [-0.2, -0.15) is 0 Å². The largest absolute Gasteiger partial charge is 0.478 e. The smallest absolute Gasteiger partial charge is 0.336 e. The van der Waals surface area contributed by atoms with Crippen LogP contribution < -0.4 is 10.2 Å². The number of rotatable bonds is 8. The lowest BCUT2D eigenvalue weighted by Crippen LogP contribution is -2.25. The molecule has 3 rings (SSSR count). The molecule has 3 aromatic rings. The van der Waals surface area contributed by atoms with Crippen molar-refractivity contribution < 1.29 is 14.7 Å². The summed E-state index contributed by atoms with van der Waals surface area (Å²) in [6.45, 7) is 5.72. The topological polar surface area (TPSA) is 82.5 Å². The maximum absolute atomic E-state index is 12.5. The summed E-state index contributed by atoms with van der Waals surface area (Å²) in [5, 5.41) is 13.1. The van der Waals surface area contributed by atoms with E-state index in [0.717, 1.165) is 30.4 Å². The first-order valence-electron chi connectivity index (χ1n) is 9.93. The zero-order valence-corrected chi connectivity index (χ0v) is 18.6. The number of carboxylic acids is 1. The molecule has 1 heterocycles. The molecule has 0 aliphatic carbocycles. The molecule has 2 aromatic carbocycles. The second-order valence-electron chi connectivity index (χ2n) is 6.96. The Morgan fingerprint density at radius 3 is 2.47 bits per heavy atom. The SMILES string of the molecule is CCCCN(CC)c1cc(C(=O)O)c2cc(NC(=O)c3ccc(Br)cc3)ccc2n1. The van der Waals surface area contributed by atoms with Gasteiger partial charge in [0.05, 0.1) is 11.1 Å². The van der Waals surface area contributed by atoms with E-state index in [2.05, 4.69) is 38.1 Å². The van der Waals surface area contributed by atoms with Crippen LogP contribution in [0.25, 0.3) is 10.9 Å². The number of carboxylic acid groups (broad SMARTS) is 1. The number of benzene rings is 2. The Morgan fingerprint density at radius 2 is 1.83 bits per heavy atom. The molecule has 2 N–H and O–H groups in total. The number of pyridine rings is 1. The van der Waals surface area contributed by atoms with Gasteiger partial charge in [0.2, 0.25) is 0 Å². The Morgan fingerprint density at radius 1 is 1.10 bits per heavy atom. The number of hydrogen-bond acceptors (Lipinski definition) is 4. The summed E-state index contributed by atoms with van der Waals surface area (Å²) in [6, 6.07) is 13.8. The number of unbranched alkanes of at least 4 members (excludes halogenated alkanes) is 1. The molecule has 6 nitrogen and oxygen atoms in total.